The molecule has 3 rings (SSSR count). The number of nitrogens with zero attached hydrogens (tertiary/aromatic N) is 2. The molecule has 0 amide bonds. The van der Waals surface area contributed by atoms with Gasteiger partial charge in [-0.3, -0.25) is 10.2 Å². The lowest BCUT2D eigenvalue weighted by Gasteiger charge is -2.18. The first kappa shape index (κ1) is 17.5. The maximum Gasteiger partial charge on any atom is 0.316 e. The van der Waals surface area contributed by atoms with E-state index in [0.29, 0.717) is 24.6 Å². The molecule has 0 aliphatic heterocycles. The summed E-state index contributed by atoms with van der Waals surface area (Å²) in [6.45, 7) is 7.17. The summed E-state index contributed by atoms with van der Waals surface area (Å²) in [6.07, 6.45) is 3.32. The highest BCUT2D eigenvalue weighted by molar-refractivity contribution is 7.99. The minimum absolute atomic E-state index is 0.230. The van der Waals surface area contributed by atoms with Crippen molar-refractivity contribution >= 4 is 39.3 Å². The van der Waals surface area contributed by atoms with Crippen LogP contribution in [-0.2, 0) is 28.9 Å². The molecule has 0 spiro atoms. The number of aromatic nitrogens is 2. The molecule has 0 saturated carbocycles. The van der Waals surface area contributed by atoms with Crippen LogP contribution >= 0.6 is 23.1 Å². The van der Waals surface area contributed by atoms with E-state index in [4.69, 9.17) is 15.1 Å². The van der Waals surface area contributed by atoms with Gasteiger partial charge in [0.15, 0.2) is 5.16 Å². The van der Waals surface area contributed by atoms with Gasteiger partial charge in [0.25, 0.3) is 0 Å². The third kappa shape index (κ3) is 3.24. The van der Waals surface area contributed by atoms with E-state index < -0.39 is 0 Å². The number of esters is 1. The molecule has 0 aromatic carbocycles. The summed E-state index contributed by atoms with van der Waals surface area (Å²) < 4.78 is 6.89. The minimum Gasteiger partial charge on any atom is -0.465 e. The summed E-state index contributed by atoms with van der Waals surface area (Å²) in [5, 5.41) is 10.4. The Morgan fingerprint density at radius 2 is 2.29 bits per heavy atom. The van der Waals surface area contributed by atoms with Gasteiger partial charge >= 0.3 is 5.97 Å². The third-order valence-electron chi connectivity index (χ3n) is 4.37. The Balaban J connectivity index is 2.02. The zero-order valence-corrected chi connectivity index (χ0v) is 16.0. The molecule has 130 valence electrons. The highest BCUT2D eigenvalue weighted by Crippen LogP contribution is 2.36. The van der Waals surface area contributed by atoms with Crippen LogP contribution in [0.5, 0.6) is 0 Å². The molecule has 0 bridgehead atoms. The lowest BCUT2D eigenvalue weighted by atomic mass is 9.89. The van der Waals surface area contributed by atoms with Gasteiger partial charge in [-0.15, -0.1) is 11.3 Å². The summed E-state index contributed by atoms with van der Waals surface area (Å²) >= 11 is 3.08. The second kappa shape index (κ2) is 7.27. The first-order valence-electron chi connectivity index (χ1n) is 8.43. The number of hydrogen-bond donors (Lipinski definition) is 1. The van der Waals surface area contributed by atoms with E-state index in [-0.39, 0.29) is 11.7 Å². The topological polar surface area (TPSA) is 68.0 Å². The Morgan fingerprint density at radius 1 is 1.50 bits per heavy atom. The maximum atomic E-state index is 11.6. The molecular weight excluding hydrogens is 342 g/mol. The van der Waals surface area contributed by atoms with Gasteiger partial charge in [0.2, 0.25) is 0 Å². The lowest BCUT2D eigenvalue weighted by molar-refractivity contribution is -0.139. The highest BCUT2D eigenvalue weighted by atomic mass is 32.2. The molecule has 24 heavy (non-hydrogen) atoms. The van der Waals surface area contributed by atoms with Gasteiger partial charge < -0.3 is 9.30 Å². The number of fused-ring (bicyclic) bond motifs is 3. The Morgan fingerprint density at radius 3 is 3.00 bits per heavy atom. The molecule has 2 heterocycles. The summed E-state index contributed by atoms with van der Waals surface area (Å²) in [4.78, 5) is 18.7. The van der Waals surface area contributed by atoms with Crippen LogP contribution in [0.25, 0.3) is 10.2 Å². The van der Waals surface area contributed by atoms with Crippen molar-refractivity contribution in [2.75, 3.05) is 12.4 Å². The zero-order chi connectivity index (χ0) is 17.3. The molecule has 0 unspecified atom stereocenters. The molecule has 0 radical (unpaired) electrons. The van der Waals surface area contributed by atoms with Gasteiger partial charge in [0.05, 0.1) is 17.7 Å². The number of thiophene rings is 1. The number of aryl methyl sites for hydroxylation is 1. The fraction of sp³-hybridized carbons (Fsp3) is 0.588. The number of carbonyl (C=O) groups excluding carboxylic acids is 1. The van der Waals surface area contributed by atoms with Gasteiger partial charge in [-0.05, 0) is 44.6 Å². The maximum absolute atomic E-state index is 11.6. The van der Waals surface area contributed by atoms with E-state index in [0.717, 1.165) is 28.2 Å². The lowest BCUT2D eigenvalue weighted by Crippen LogP contribution is -2.24. The van der Waals surface area contributed by atoms with Crippen LogP contribution in [0.15, 0.2) is 5.16 Å². The van der Waals surface area contributed by atoms with Crippen molar-refractivity contribution < 1.29 is 9.53 Å². The van der Waals surface area contributed by atoms with Crippen molar-refractivity contribution in [3.05, 3.63) is 15.9 Å². The third-order valence-corrected chi connectivity index (χ3v) is 6.47. The normalized spacial score (nSPS) is 17.0. The van der Waals surface area contributed by atoms with Crippen molar-refractivity contribution in [2.24, 2.45) is 5.92 Å². The summed E-state index contributed by atoms with van der Waals surface area (Å²) in [6, 6.07) is 0. The molecule has 2 aromatic rings. The van der Waals surface area contributed by atoms with E-state index in [9.17, 15) is 4.79 Å². The molecule has 1 aliphatic rings. The van der Waals surface area contributed by atoms with Crippen molar-refractivity contribution in [1.82, 2.24) is 9.55 Å². The molecule has 5 nitrogen and oxygen atoms in total. The van der Waals surface area contributed by atoms with Crippen LogP contribution in [0.3, 0.4) is 0 Å². The smallest absolute Gasteiger partial charge is 0.316 e. The minimum atomic E-state index is -0.238. The van der Waals surface area contributed by atoms with E-state index in [1.165, 1.54) is 28.6 Å². The number of nitrogens with one attached hydrogen (secondary N) is 1. The van der Waals surface area contributed by atoms with Crippen LogP contribution in [0.1, 0.15) is 37.6 Å². The monoisotopic (exact) mass is 365 g/mol. The predicted octanol–water partition coefficient (Wildman–Crippen LogP) is 3.38. The average Bonchev–Trinajstić information content (AvgIpc) is 2.90. The van der Waals surface area contributed by atoms with Gasteiger partial charge in [-0.2, -0.15) is 0 Å². The molecule has 1 N–H and O–H groups in total. The van der Waals surface area contributed by atoms with Crippen molar-refractivity contribution in [2.45, 2.75) is 51.7 Å². The number of carbonyl (C=O) groups is 1. The first-order chi connectivity index (χ1) is 11.5. The fourth-order valence-electron chi connectivity index (χ4n) is 3.17. The number of rotatable bonds is 5. The van der Waals surface area contributed by atoms with Gasteiger partial charge in [-0.25, -0.2) is 4.98 Å². The second-order valence-electron chi connectivity index (χ2n) is 6.11. The first-order valence-corrected chi connectivity index (χ1v) is 10.2. The van der Waals surface area contributed by atoms with Crippen LogP contribution in [-0.4, -0.2) is 27.9 Å². The number of thioether (sulfide) groups is 1. The van der Waals surface area contributed by atoms with E-state index in [1.807, 2.05) is 11.5 Å². The van der Waals surface area contributed by atoms with Gasteiger partial charge in [0, 0.05) is 11.4 Å². The molecule has 1 atom stereocenters. The quantitative estimate of drug-likeness (QED) is 0.501. The molecule has 2 aromatic heterocycles. The molecule has 0 fully saturated rings. The molecule has 0 saturated heterocycles. The summed E-state index contributed by atoms with van der Waals surface area (Å²) in [7, 11) is 0. The molecule has 1 aliphatic carbocycles. The molecular formula is C17H23N3O2S2. The fourth-order valence-corrected chi connectivity index (χ4v) is 5.47. The Kier molecular flexibility index (Phi) is 5.30. The van der Waals surface area contributed by atoms with Gasteiger partial charge in [0.1, 0.15) is 10.3 Å². The van der Waals surface area contributed by atoms with Crippen LogP contribution in [0.4, 0.5) is 0 Å². The SMILES string of the molecule is CCOC(=O)CSc1nc2sc3c(c2c(=N)n1CC)CC[C@@H](C)C3. The number of hydrogen-bond acceptors (Lipinski definition) is 6. The summed E-state index contributed by atoms with van der Waals surface area (Å²) in [5.41, 5.74) is 1.86. The van der Waals surface area contributed by atoms with E-state index in [1.54, 1.807) is 18.3 Å². The van der Waals surface area contributed by atoms with Crippen molar-refractivity contribution in [1.29, 1.82) is 5.41 Å². The Bertz CT molecular complexity index is 825. The van der Waals surface area contributed by atoms with Crippen LogP contribution < -0.4 is 5.49 Å². The average molecular weight is 366 g/mol. The van der Waals surface area contributed by atoms with Crippen LogP contribution in [0.2, 0.25) is 0 Å². The van der Waals surface area contributed by atoms with E-state index in [2.05, 4.69) is 6.92 Å². The predicted molar refractivity (Wildman–Crippen MR) is 97.7 cm³/mol. The Labute approximate surface area is 149 Å². The summed E-state index contributed by atoms with van der Waals surface area (Å²) in [5.74, 6) is 0.696. The standard InChI is InChI=1S/C17H23N3O2S2/c1-4-20-15(18)14-11-7-6-10(3)8-12(11)24-16(14)19-17(20)23-9-13(21)22-5-2/h10,18H,4-9H2,1-3H3/t10-/m1/s1. The van der Waals surface area contributed by atoms with Gasteiger partial charge in [-0.1, -0.05) is 18.7 Å². The Hall–Kier alpha value is -1.34. The largest absolute Gasteiger partial charge is 0.465 e. The van der Waals surface area contributed by atoms with Crippen molar-refractivity contribution in [3.8, 4) is 0 Å². The van der Waals surface area contributed by atoms with Crippen LogP contribution in [0, 0.1) is 11.3 Å². The number of ether oxygens (including phenoxy) is 1. The highest BCUT2D eigenvalue weighted by Gasteiger charge is 2.23. The molecule has 7 heteroatoms. The second-order valence-corrected chi connectivity index (χ2v) is 8.14. The van der Waals surface area contributed by atoms with Crippen molar-refractivity contribution in [3.63, 3.8) is 0 Å². The zero-order valence-electron chi connectivity index (χ0n) is 14.3. The van der Waals surface area contributed by atoms with E-state index >= 15 is 0 Å².